The molecule has 0 spiro atoms. The number of ketones is 1. The van der Waals surface area contributed by atoms with Crippen molar-refractivity contribution >= 4 is 23.6 Å². The van der Waals surface area contributed by atoms with E-state index in [4.69, 9.17) is 4.74 Å². The Labute approximate surface area is 168 Å². The summed E-state index contributed by atoms with van der Waals surface area (Å²) in [5, 5.41) is 0. The zero-order valence-corrected chi connectivity index (χ0v) is 16.0. The molecule has 0 radical (unpaired) electrons. The van der Waals surface area contributed by atoms with Gasteiger partial charge in [0.2, 0.25) is 11.8 Å². The number of hydrogen-bond donors (Lipinski definition) is 0. The lowest BCUT2D eigenvalue weighted by Gasteiger charge is -2.13. The molecule has 0 unspecified atom stereocenters. The Morgan fingerprint density at radius 1 is 0.828 bits per heavy atom. The number of fused-ring (bicyclic) bond motifs is 1. The van der Waals surface area contributed by atoms with Gasteiger partial charge in [0, 0.05) is 18.4 Å². The zero-order chi connectivity index (χ0) is 20.4. The van der Waals surface area contributed by atoms with Gasteiger partial charge in [-0.25, -0.2) is 4.79 Å². The van der Waals surface area contributed by atoms with Crippen molar-refractivity contribution in [2.45, 2.75) is 38.6 Å². The number of rotatable bonds is 6. The maximum Gasteiger partial charge on any atom is 0.338 e. The predicted molar refractivity (Wildman–Crippen MR) is 104 cm³/mol. The van der Waals surface area contributed by atoms with E-state index in [-0.39, 0.29) is 43.6 Å². The van der Waals surface area contributed by atoms with E-state index in [1.165, 1.54) is 16.0 Å². The van der Waals surface area contributed by atoms with Crippen LogP contribution in [-0.2, 0) is 33.7 Å². The molecule has 1 aliphatic carbocycles. The lowest BCUT2D eigenvalue weighted by atomic mass is 10.0. The highest BCUT2D eigenvalue weighted by Crippen LogP contribution is 2.23. The quantitative estimate of drug-likeness (QED) is 0.430. The molecular formula is C23H21NO5. The number of amides is 2. The smallest absolute Gasteiger partial charge is 0.338 e. The van der Waals surface area contributed by atoms with Crippen LogP contribution in [0.4, 0.5) is 0 Å². The minimum Gasteiger partial charge on any atom is -0.454 e. The van der Waals surface area contributed by atoms with Gasteiger partial charge in [0.05, 0.1) is 12.1 Å². The summed E-state index contributed by atoms with van der Waals surface area (Å²) < 4.78 is 5.16. The van der Waals surface area contributed by atoms with Crippen LogP contribution in [0.1, 0.15) is 56.7 Å². The van der Waals surface area contributed by atoms with Crippen LogP contribution in [0.15, 0.2) is 42.5 Å². The third kappa shape index (κ3) is 4.11. The van der Waals surface area contributed by atoms with Crippen LogP contribution >= 0.6 is 0 Å². The number of carbonyl (C=O) groups is 4. The second kappa shape index (κ2) is 7.99. The summed E-state index contributed by atoms with van der Waals surface area (Å²) in [6.07, 6.45) is 3.65. The van der Waals surface area contributed by atoms with Gasteiger partial charge in [-0.1, -0.05) is 24.3 Å². The highest BCUT2D eigenvalue weighted by atomic mass is 16.5. The largest absolute Gasteiger partial charge is 0.454 e. The Bertz CT molecular complexity index is 977. The van der Waals surface area contributed by atoms with Crippen molar-refractivity contribution in [1.29, 1.82) is 0 Å². The third-order valence-corrected chi connectivity index (χ3v) is 5.44. The molecule has 1 fully saturated rings. The maximum atomic E-state index is 12.3. The number of imide groups is 1. The van der Waals surface area contributed by atoms with Crippen molar-refractivity contribution in [1.82, 2.24) is 4.90 Å². The first-order valence-corrected chi connectivity index (χ1v) is 9.75. The molecule has 4 rings (SSSR count). The number of Topliss-reactive ketones (excluding diaryl/α,β-unsaturated/α-hetero) is 1. The van der Waals surface area contributed by atoms with E-state index in [1.807, 2.05) is 12.1 Å². The molecule has 2 aromatic carbocycles. The molecule has 148 valence electrons. The highest BCUT2D eigenvalue weighted by Gasteiger charge is 2.28. The van der Waals surface area contributed by atoms with E-state index in [0.29, 0.717) is 11.1 Å². The second-order valence-corrected chi connectivity index (χ2v) is 7.41. The minimum absolute atomic E-state index is 0.177. The molecule has 0 N–H and O–H groups in total. The van der Waals surface area contributed by atoms with Gasteiger partial charge in [0.25, 0.3) is 0 Å². The molecule has 0 aromatic heterocycles. The van der Waals surface area contributed by atoms with E-state index in [0.717, 1.165) is 24.8 Å². The van der Waals surface area contributed by atoms with Gasteiger partial charge < -0.3 is 4.74 Å². The summed E-state index contributed by atoms with van der Waals surface area (Å²) in [4.78, 5) is 49.2. The number of ether oxygens (including phenoxy) is 1. The number of benzene rings is 2. The summed E-state index contributed by atoms with van der Waals surface area (Å²) >= 11 is 0. The first-order valence-electron chi connectivity index (χ1n) is 9.75. The number of hydrogen-bond acceptors (Lipinski definition) is 5. The van der Waals surface area contributed by atoms with Gasteiger partial charge in [-0.15, -0.1) is 0 Å². The molecule has 6 heteroatoms. The van der Waals surface area contributed by atoms with Crippen LogP contribution in [0.3, 0.4) is 0 Å². The molecule has 1 saturated heterocycles. The molecule has 1 aliphatic heterocycles. The van der Waals surface area contributed by atoms with Gasteiger partial charge in [0.15, 0.2) is 12.4 Å². The summed E-state index contributed by atoms with van der Waals surface area (Å²) in [5.74, 6) is -1.16. The molecule has 6 nitrogen and oxygen atoms in total. The van der Waals surface area contributed by atoms with Crippen LogP contribution in [0, 0.1) is 0 Å². The van der Waals surface area contributed by atoms with E-state index in [9.17, 15) is 19.2 Å². The van der Waals surface area contributed by atoms with Crippen molar-refractivity contribution < 1.29 is 23.9 Å². The molecule has 2 aromatic rings. The van der Waals surface area contributed by atoms with Crippen LogP contribution in [0.2, 0.25) is 0 Å². The Morgan fingerprint density at radius 2 is 1.48 bits per heavy atom. The zero-order valence-electron chi connectivity index (χ0n) is 16.0. The van der Waals surface area contributed by atoms with Crippen LogP contribution in [0.5, 0.6) is 0 Å². The maximum absolute atomic E-state index is 12.3. The lowest BCUT2D eigenvalue weighted by molar-refractivity contribution is -0.139. The average molecular weight is 391 g/mol. The molecular weight excluding hydrogens is 370 g/mol. The molecule has 1 heterocycles. The summed E-state index contributed by atoms with van der Waals surface area (Å²) in [6, 6.07) is 12.2. The highest BCUT2D eigenvalue weighted by molar-refractivity contribution is 6.02. The van der Waals surface area contributed by atoms with E-state index >= 15 is 0 Å². The fraction of sp³-hybridized carbons (Fsp3) is 0.304. The van der Waals surface area contributed by atoms with Crippen molar-refractivity contribution in [3.05, 3.63) is 70.3 Å². The Hall–Kier alpha value is -3.28. The van der Waals surface area contributed by atoms with E-state index < -0.39 is 5.97 Å². The molecule has 0 atom stereocenters. The molecule has 2 aliphatic rings. The summed E-state index contributed by atoms with van der Waals surface area (Å²) in [7, 11) is 0. The number of likely N-dealkylation sites (tertiary alicyclic amines) is 1. The van der Waals surface area contributed by atoms with Crippen molar-refractivity contribution in [2.24, 2.45) is 0 Å². The topological polar surface area (TPSA) is 80.8 Å². The normalized spacial score (nSPS) is 15.5. The van der Waals surface area contributed by atoms with Gasteiger partial charge in [-0.3, -0.25) is 19.3 Å². The fourth-order valence-corrected chi connectivity index (χ4v) is 3.77. The van der Waals surface area contributed by atoms with Crippen molar-refractivity contribution in [2.75, 3.05) is 6.61 Å². The minimum atomic E-state index is -0.584. The fourth-order valence-electron chi connectivity index (χ4n) is 3.77. The lowest BCUT2D eigenvalue weighted by Crippen LogP contribution is -2.28. The van der Waals surface area contributed by atoms with Crippen LogP contribution in [0.25, 0.3) is 0 Å². The number of esters is 1. The number of carbonyl (C=O) groups excluding carboxylic acids is 4. The van der Waals surface area contributed by atoms with Crippen LogP contribution < -0.4 is 0 Å². The predicted octanol–water partition coefficient (Wildman–Crippen LogP) is 2.86. The van der Waals surface area contributed by atoms with Gasteiger partial charge in [0.1, 0.15) is 0 Å². The SMILES string of the molecule is O=C(COC(=O)c1ccc(CN2C(=O)CCC2=O)cc1)c1ccc2c(c1)CCC2. The molecule has 29 heavy (non-hydrogen) atoms. The van der Waals surface area contributed by atoms with E-state index in [1.54, 1.807) is 30.3 Å². The number of aryl methyl sites for hydroxylation is 2. The van der Waals surface area contributed by atoms with Gasteiger partial charge >= 0.3 is 5.97 Å². The van der Waals surface area contributed by atoms with Gasteiger partial charge in [-0.2, -0.15) is 0 Å². The first kappa shape index (κ1) is 19.1. The van der Waals surface area contributed by atoms with Crippen molar-refractivity contribution in [3.8, 4) is 0 Å². The van der Waals surface area contributed by atoms with Crippen LogP contribution in [-0.4, -0.2) is 35.1 Å². The average Bonchev–Trinajstić information content (AvgIpc) is 3.33. The Balaban J connectivity index is 1.33. The Kier molecular flexibility index (Phi) is 5.25. The molecule has 2 amide bonds. The Morgan fingerprint density at radius 3 is 2.21 bits per heavy atom. The van der Waals surface area contributed by atoms with Crippen molar-refractivity contribution in [3.63, 3.8) is 0 Å². The molecule has 0 saturated carbocycles. The standard InChI is InChI=1S/C23H21NO5/c25-20(19-9-8-16-2-1-3-18(16)12-19)14-29-23(28)17-6-4-15(5-7-17)13-24-21(26)10-11-22(24)27/h4-9,12H,1-3,10-11,13-14H2. The second-order valence-electron chi connectivity index (χ2n) is 7.41. The van der Waals surface area contributed by atoms with Gasteiger partial charge in [-0.05, 0) is 54.2 Å². The monoisotopic (exact) mass is 391 g/mol. The first-order chi connectivity index (χ1) is 14.0. The van der Waals surface area contributed by atoms with E-state index in [2.05, 4.69) is 0 Å². The number of nitrogens with zero attached hydrogens (tertiary/aromatic N) is 1. The third-order valence-electron chi connectivity index (χ3n) is 5.44. The molecule has 0 bridgehead atoms. The summed E-state index contributed by atoms with van der Waals surface area (Å²) in [6.45, 7) is -0.111. The summed E-state index contributed by atoms with van der Waals surface area (Å²) in [5.41, 5.74) is 4.12.